The molecule has 104 valence electrons. The Morgan fingerprint density at radius 1 is 1.10 bits per heavy atom. The van der Waals surface area contributed by atoms with Gasteiger partial charge in [0.1, 0.15) is 5.75 Å². The summed E-state index contributed by atoms with van der Waals surface area (Å²) in [7, 11) is 1.62. The van der Waals surface area contributed by atoms with Crippen molar-refractivity contribution in [1.82, 2.24) is 4.98 Å². The summed E-state index contributed by atoms with van der Waals surface area (Å²) in [4.78, 5) is 16.0. The molecule has 1 amide bonds. The Balaban J connectivity index is 2.30. The number of fused-ring (bicyclic) bond motifs is 1. The van der Waals surface area contributed by atoms with Crippen LogP contribution in [0.3, 0.4) is 0 Å². The van der Waals surface area contributed by atoms with Crippen molar-refractivity contribution in [2.24, 2.45) is 5.73 Å². The highest BCUT2D eigenvalue weighted by Crippen LogP contribution is 2.29. The Labute approximate surface area is 122 Å². The molecule has 1 heterocycles. The molecule has 0 atom stereocenters. The zero-order chi connectivity index (χ0) is 14.8. The molecule has 1 aromatic heterocycles. The number of aromatic nitrogens is 1. The monoisotopic (exact) mass is 278 g/mol. The van der Waals surface area contributed by atoms with Gasteiger partial charge in [0.05, 0.1) is 12.8 Å². The molecule has 2 aromatic carbocycles. The molecule has 21 heavy (non-hydrogen) atoms. The minimum atomic E-state index is -0.464. The van der Waals surface area contributed by atoms with Crippen molar-refractivity contribution in [3.63, 3.8) is 0 Å². The second-order valence-electron chi connectivity index (χ2n) is 4.69. The molecule has 0 unspecified atom stereocenters. The van der Waals surface area contributed by atoms with Gasteiger partial charge in [-0.3, -0.25) is 9.78 Å². The Kier molecular flexibility index (Phi) is 3.28. The summed E-state index contributed by atoms with van der Waals surface area (Å²) in [6, 6.07) is 15.0. The number of methoxy groups -OCH3 is 1. The van der Waals surface area contributed by atoms with Crippen LogP contribution < -0.4 is 10.5 Å². The summed E-state index contributed by atoms with van der Waals surface area (Å²) >= 11 is 0. The molecule has 0 aliphatic heterocycles. The predicted molar refractivity (Wildman–Crippen MR) is 82.2 cm³/mol. The van der Waals surface area contributed by atoms with Crippen LogP contribution in [0.4, 0.5) is 0 Å². The van der Waals surface area contributed by atoms with Crippen LogP contribution in [0.2, 0.25) is 0 Å². The van der Waals surface area contributed by atoms with Crippen LogP contribution in [0.15, 0.2) is 54.7 Å². The molecule has 4 heteroatoms. The molecule has 3 rings (SSSR count). The van der Waals surface area contributed by atoms with Gasteiger partial charge in [-0.25, -0.2) is 0 Å². The average molecular weight is 278 g/mol. The van der Waals surface area contributed by atoms with Gasteiger partial charge in [-0.2, -0.15) is 0 Å². The van der Waals surface area contributed by atoms with Gasteiger partial charge in [0.25, 0.3) is 0 Å². The third kappa shape index (κ3) is 2.43. The fraction of sp³-hybridized carbons (Fsp3) is 0.0588. The normalized spacial score (nSPS) is 10.5. The van der Waals surface area contributed by atoms with E-state index in [1.807, 2.05) is 42.5 Å². The Morgan fingerprint density at radius 3 is 2.62 bits per heavy atom. The van der Waals surface area contributed by atoms with E-state index in [2.05, 4.69) is 4.98 Å². The lowest BCUT2D eigenvalue weighted by Gasteiger charge is -2.10. The SMILES string of the molecule is COc1ccc2cc(C(N)=O)c(-c3ccccn3)cc2c1. The smallest absolute Gasteiger partial charge is 0.249 e. The van der Waals surface area contributed by atoms with Gasteiger partial charge < -0.3 is 10.5 Å². The molecule has 0 aliphatic carbocycles. The average Bonchev–Trinajstić information content (AvgIpc) is 2.53. The number of carbonyl (C=O) groups is 1. The minimum Gasteiger partial charge on any atom is -0.497 e. The molecule has 4 nitrogen and oxygen atoms in total. The molecule has 0 aliphatic rings. The summed E-state index contributed by atoms with van der Waals surface area (Å²) < 4.78 is 5.24. The van der Waals surface area contributed by atoms with E-state index in [-0.39, 0.29) is 0 Å². The quantitative estimate of drug-likeness (QED) is 0.801. The fourth-order valence-electron chi connectivity index (χ4n) is 2.34. The van der Waals surface area contributed by atoms with Crippen LogP contribution in [-0.2, 0) is 0 Å². The summed E-state index contributed by atoms with van der Waals surface area (Å²) in [5.41, 5.74) is 7.42. The van der Waals surface area contributed by atoms with Crippen LogP contribution in [-0.4, -0.2) is 18.0 Å². The maximum absolute atomic E-state index is 11.7. The van der Waals surface area contributed by atoms with Gasteiger partial charge >= 0.3 is 0 Å². The first-order valence-corrected chi connectivity index (χ1v) is 6.52. The van der Waals surface area contributed by atoms with Crippen LogP contribution in [0, 0.1) is 0 Å². The van der Waals surface area contributed by atoms with E-state index >= 15 is 0 Å². The summed E-state index contributed by atoms with van der Waals surface area (Å²) in [6.45, 7) is 0. The lowest BCUT2D eigenvalue weighted by Crippen LogP contribution is -2.12. The van der Waals surface area contributed by atoms with Crippen molar-refractivity contribution in [2.75, 3.05) is 7.11 Å². The first kappa shape index (κ1) is 13.1. The third-order valence-electron chi connectivity index (χ3n) is 3.39. The van der Waals surface area contributed by atoms with Gasteiger partial charge in [0, 0.05) is 17.3 Å². The highest BCUT2D eigenvalue weighted by molar-refractivity contribution is 6.04. The first-order valence-electron chi connectivity index (χ1n) is 6.52. The number of amides is 1. The van der Waals surface area contributed by atoms with Crippen molar-refractivity contribution in [1.29, 1.82) is 0 Å². The maximum Gasteiger partial charge on any atom is 0.249 e. The number of hydrogen-bond donors (Lipinski definition) is 1. The van der Waals surface area contributed by atoms with E-state index in [1.165, 1.54) is 0 Å². The van der Waals surface area contributed by atoms with Crippen LogP contribution in [0.5, 0.6) is 5.75 Å². The highest BCUT2D eigenvalue weighted by Gasteiger charge is 2.13. The zero-order valence-electron chi connectivity index (χ0n) is 11.5. The van der Waals surface area contributed by atoms with Crippen molar-refractivity contribution >= 4 is 16.7 Å². The van der Waals surface area contributed by atoms with E-state index < -0.39 is 5.91 Å². The Bertz CT molecular complexity index is 814. The van der Waals surface area contributed by atoms with Gasteiger partial charge in [-0.1, -0.05) is 12.1 Å². The van der Waals surface area contributed by atoms with Crippen molar-refractivity contribution < 1.29 is 9.53 Å². The predicted octanol–water partition coefficient (Wildman–Crippen LogP) is 3.01. The van der Waals surface area contributed by atoms with Gasteiger partial charge in [0.15, 0.2) is 0 Å². The maximum atomic E-state index is 11.7. The van der Waals surface area contributed by atoms with Gasteiger partial charge in [-0.15, -0.1) is 0 Å². The topological polar surface area (TPSA) is 65.2 Å². The Morgan fingerprint density at radius 2 is 1.95 bits per heavy atom. The van der Waals surface area contributed by atoms with Gasteiger partial charge in [0.2, 0.25) is 5.91 Å². The highest BCUT2D eigenvalue weighted by atomic mass is 16.5. The van der Waals surface area contributed by atoms with Crippen molar-refractivity contribution in [3.05, 3.63) is 60.3 Å². The molecule has 0 spiro atoms. The second-order valence-corrected chi connectivity index (χ2v) is 4.69. The number of pyridine rings is 1. The summed E-state index contributed by atoms with van der Waals surface area (Å²) in [5, 5.41) is 1.91. The van der Waals surface area contributed by atoms with E-state index in [1.54, 1.807) is 19.4 Å². The number of benzene rings is 2. The summed E-state index contributed by atoms with van der Waals surface area (Å²) in [5.74, 6) is 0.301. The standard InChI is InChI=1S/C17H14N2O2/c1-21-13-6-5-11-9-15(17(18)20)14(10-12(11)8-13)16-4-2-3-7-19-16/h2-10H,1H3,(H2,18,20). The van der Waals surface area contributed by atoms with E-state index in [0.717, 1.165) is 27.8 Å². The number of nitrogens with two attached hydrogens (primary N) is 1. The van der Waals surface area contributed by atoms with E-state index in [4.69, 9.17) is 10.5 Å². The number of hydrogen-bond acceptors (Lipinski definition) is 3. The van der Waals surface area contributed by atoms with Gasteiger partial charge in [-0.05, 0) is 47.2 Å². The summed E-state index contributed by atoms with van der Waals surface area (Å²) in [6.07, 6.45) is 1.69. The lowest BCUT2D eigenvalue weighted by atomic mass is 9.98. The molecule has 0 saturated heterocycles. The van der Waals surface area contributed by atoms with Crippen LogP contribution in [0.25, 0.3) is 22.0 Å². The fourth-order valence-corrected chi connectivity index (χ4v) is 2.34. The second kappa shape index (κ2) is 5.25. The first-order chi connectivity index (χ1) is 10.2. The number of carbonyl (C=O) groups excluding carboxylic acids is 1. The molecule has 0 bridgehead atoms. The molecule has 3 aromatic rings. The van der Waals surface area contributed by atoms with Crippen LogP contribution >= 0.6 is 0 Å². The minimum absolute atomic E-state index is 0.464. The molecule has 0 radical (unpaired) electrons. The van der Waals surface area contributed by atoms with E-state index in [9.17, 15) is 4.79 Å². The lowest BCUT2D eigenvalue weighted by molar-refractivity contribution is 0.100. The molecule has 0 fully saturated rings. The van der Waals surface area contributed by atoms with Crippen molar-refractivity contribution in [3.8, 4) is 17.0 Å². The zero-order valence-corrected chi connectivity index (χ0v) is 11.5. The van der Waals surface area contributed by atoms with Crippen LogP contribution in [0.1, 0.15) is 10.4 Å². The third-order valence-corrected chi connectivity index (χ3v) is 3.39. The number of nitrogens with zero attached hydrogens (tertiary/aromatic N) is 1. The molecule has 0 saturated carbocycles. The van der Waals surface area contributed by atoms with E-state index in [0.29, 0.717) is 5.56 Å². The molecule has 2 N–H and O–H groups in total. The number of ether oxygens (including phenoxy) is 1. The largest absolute Gasteiger partial charge is 0.497 e. The number of primary amides is 1. The van der Waals surface area contributed by atoms with Crippen molar-refractivity contribution in [2.45, 2.75) is 0 Å². The Hall–Kier alpha value is -2.88. The molecular weight excluding hydrogens is 264 g/mol. The number of rotatable bonds is 3. The molecular formula is C17H14N2O2.